The van der Waals surface area contributed by atoms with Gasteiger partial charge in [-0.05, 0) is 12.1 Å². The van der Waals surface area contributed by atoms with Crippen LogP contribution in [0.2, 0.25) is 5.15 Å². The molecule has 1 aromatic carbocycles. The first-order valence-electron chi connectivity index (χ1n) is 5.86. The molecule has 0 saturated carbocycles. The number of hydrogen-bond acceptors (Lipinski definition) is 4. The summed E-state index contributed by atoms with van der Waals surface area (Å²) in [5, 5.41) is 7.59. The lowest BCUT2D eigenvalue weighted by Gasteiger charge is -2.07. The molecule has 0 atom stereocenters. The highest BCUT2D eigenvalue weighted by molar-refractivity contribution is 6.30. The van der Waals surface area contributed by atoms with Gasteiger partial charge in [0, 0.05) is 12.4 Å². The Morgan fingerprint density at radius 3 is 2.90 bits per heavy atom. The van der Waals surface area contributed by atoms with E-state index in [0.717, 1.165) is 5.39 Å². The van der Waals surface area contributed by atoms with Gasteiger partial charge in [0.1, 0.15) is 11.5 Å². The molecule has 0 aliphatic rings. The van der Waals surface area contributed by atoms with E-state index in [1.807, 2.05) is 18.2 Å². The molecule has 20 heavy (non-hydrogen) atoms. The highest BCUT2D eigenvalue weighted by atomic mass is 35.5. The maximum absolute atomic E-state index is 12.4. The van der Waals surface area contributed by atoms with Crippen LogP contribution < -0.4 is 5.32 Å². The Morgan fingerprint density at radius 2 is 2.15 bits per heavy atom. The third kappa shape index (κ3) is 2.21. The van der Waals surface area contributed by atoms with E-state index >= 15 is 0 Å². The number of anilines is 1. The average Bonchev–Trinajstić information content (AvgIpc) is 2.83. The summed E-state index contributed by atoms with van der Waals surface area (Å²) in [7, 11) is 1.69. The fourth-order valence-electron chi connectivity index (χ4n) is 1.91. The maximum atomic E-state index is 12.4. The number of pyridine rings is 1. The number of amides is 1. The molecule has 0 unspecified atom stereocenters. The van der Waals surface area contributed by atoms with Crippen LogP contribution in [0.1, 0.15) is 10.4 Å². The van der Waals surface area contributed by atoms with Crippen LogP contribution in [-0.4, -0.2) is 25.7 Å². The van der Waals surface area contributed by atoms with Crippen LogP contribution in [0.4, 0.5) is 5.95 Å². The SMILES string of the molecule is Cn1ncnc1NC(=O)c1cc(Cl)nc2ccccc12. The van der Waals surface area contributed by atoms with Crippen molar-refractivity contribution in [3.05, 3.63) is 47.4 Å². The molecule has 0 spiro atoms. The molecule has 0 saturated heterocycles. The van der Waals surface area contributed by atoms with Crippen LogP contribution in [0.3, 0.4) is 0 Å². The summed E-state index contributed by atoms with van der Waals surface area (Å²) in [4.78, 5) is 20.5. The number of carbonyl (C=O) groups is 1. The van der Waals surface area contributed by atoms with Crippen molar-refractivity contribution in [3.63, 3.8) is 0 Å². The van der Waals surface area contributed by atoms with Crippen molar-refractivity contribution in [3.8, 4) is 0 Å². The number of nitrogens with one attached hydrogen (secondary N) is 1. The van der Waals surface area contributed by atoms with E-state index in [1.54, 1.807) is 13.1 Å². The molecule has 6 nitrogen and oxygen atoms in total. The molecule has 3 rings (SSSR count). The minimum absolute atomic E-state index is 0.270. The van der Waals surface area contributed by atoms with E-state index in [2.05, 4.69) is 20.4 Å². The van der Waals surface area contributed by atoms with E-state index in [4.69, 9.17) is 11.6 Å². The van der Waals surface area contributed by atoms with Crippen molar-refractivity contribution in [2.75, 3.05) is 5.32 Å². The first-order chi connectivity index (χ1) is 9.65. The van der Waals surface area contributed by atoms with Gasteiger partial charge in [-0.1, -0.05) is 29.8 Å². The van der Waals surface area contributed by atoms with Gasteiger partial charge in [-0.25, -0.2) is 9.67 Å². The molecule has 1 amide bonds. The van der Waals surface area contributed by atoms with Crippen molar-refractivity contribution < 1.29 is 4.79 Å². The Hall–Kier alpha value is -2.47. The number of aromatic nitrogens is 4. The molecule has 0 bridgehead atoms. The lowest BCUT2D eigenvalue weighted by molar-refractivity contribution is 0.102. The molecular formula is C13H10ClN5O. The Balaban J connectivity index is 2.05. The highest BCUT2D eigenvalue weighted by Gasteiger charge is 2.14. The summed E-state index contributed by atoms with van der Waals surface area (Å²) in [6.07, 6.45) is 1.37. The summed E-state index contributed by atoms with van der Waals surface area (Å²) < 4.78 is 1.48. The normalized spacial score (nSPS) is 10.7. The number of carbonyl (C=O) groups excluding carboxylic acids is 1. The predicted molar refractivity (Wildman–Crippen MR) is 75.7 cm³/mol. The first-order valence-corrected chi connectivity index (χ1v) is 6.23. The minimum atomic E-state index is -0.304. The lowest BCUT2D eigenvalue weighted by atomic mass is 10.1. The topological polar surface area (TPSA) is 72.7 Å². The van der Waals surface area contributed by atoms with Crippen molar-refractivity contribution in [2.45, 2.75) is 0 Å². The second kappa shape index (κ2) is 4.90. The standard InChI is InChI=1S/C13H10ClN5O/c1-19-13(15-7-16-19)18-12(20)9-6-11(14)17-10-5-3-2-4-8(9)10/h2-7H,1H3,(H,15,16,18,20). The van der Waals surface area contributed by atoms with Crippen molar-refractivity contribution in [2.24, 2.45) is 7.05 Å². The van der Waals surface area contributed by atoms with Gasteiger partial charge in [-0.3, -0.25) is 10.1 Å². The van der Waals surface area contributed by atoms with Gasteiger partial charge in [-0.2, -0.15) is 10.1 Å². The van der Waals surface area contributed by atoms with E-state index < -0.39 is 0 Å². The van der Waals surface area contributed by atoms with Crippen LogP contribution in [0.25, 0.3) is 10.9 Å². The summed E-state index contributed by atoms with van der Waals surface area (Å²) in [6, 6.07) is 8.85. The number of nitrogens with zero attached hydrogens (tertiary/aromatic N) is 4. The van der Waals surface area contributed by atoms with Crippen LogP contribution in [0.5, 0.6) is 0 Å². The van der Waals surface area contributed by atoms with Gasteiger partial charge in [-0.15, -0.1) is 0 Å². The van der Waals surface area contributed by atoms with Crippen LogP contribution in [-0.2, 0) is 7.05 Å². The minimum Gasteiger partial charge on any atom is -0.291 e. The van der Waals surface area contributed by atoms with E-state index in [-0.39, 0.29) is 11.1 Å². The highest BCUT2D eigenvalue weighted by Crippen LogP contribution is 2.21. The molecule has 7 heteroatoms. The molecule has 100 valence electrons. The Bertz CT molecular complexity index is 798. The van der Waals surface area contributed by atoms with Gasteiger partial charge in [0.15, 0.2) is 0 Å². The number of hydrogen-bond donors (Lipinski definition) is 1. The number of fused-ring (bicyclic) bond motifs is 1. The third-order valence-corrected chi connectivity index (χ3v) is 3.06. The van der Waals surface area contributed by atoms with Crippen molar-refractivity contribution in [1.29, 1.82) is 0 Å². The molecule has 0 aliphatic heterocycles. The Kier molecular flexibility index (Phi) is 3.08. The van der Waals surface area contributed by atoms with Crippen molar-refractivity contribution in [1.82, 2.24) is 19.7 Å². The summed E-state index contributed by atoms with van der Waals surface area (Å²) in [5.41, 5.74) is 1.12. The maximum Gasteiger partial charge on any atom is 0.258 e. The number of halogens is 1. The van der Waals surface area contributed by atoms with E-state index in [0.29, 0.717) is 17.0 Å². The zero-order valence-corrected chi connectivity index (χ0v) is 11.3. The molecule has 1 N–H and O–H groups in total. The zero-order valence-electron chi connectivity index (χ0n) is 10.5. The predicted octanol–water partition coefficient (Wildman–Crippen LogP) is 2.27. The molecule has 0 radical (unpaired) electrons. The smallest absolute Gasteiger partial charge is 0.258 e. The van der Waals surface area contributed by atoms with E-state index in [1.165, 1.54) is 17.1 Å². The number of para-hydroxylation sites is 1. The molecule has 2 heterocycles. The fourth-order valence-corrected chi connectivity index (χ4v) is 2.11. The van der Waals surface area contributed by atoms with Gasteiger partial charge in [0.2, 0.25) is 5.95 Å². The number of rotatable bonds is 2. The largest absolute Gasteiger partial charge is 0.291 e. The van der Waals surface area contributed by atoms with Crippen molar-refractivity contribution >= 4 is 34.4 Å². The second-order valence-corrected chi connectivity index (χ2v) is 4.56. The first kappa shape index (κ1) is 12.6. The lowest BCUT2D eigenvalue weighted by Crippen LogP contribution is -2.16. The van der Waals surface area contributed by atoms with E-state index in [9.17, 15) is 4.79 Å². The Labute approximate surface area is 119 Å². The molecule has 0 aliphatic carbocycles. The summed E-state index contributed by atoms with van der Waals surface area (Å²) in [5.74, 6) is 0.0635. The molecule has 0 fully saturated rings. The average molecular weight is 288 g/mol. The fraction of sp³-hybridized carbons (Fsp3) is 0.0769. The van der Waals surface area contributed by atoms with Crippen LogP contribution in [0.15, 0.2) is 36.7 Å². The van der Waals surface area contributed by atoms with Gasteiger partial charge >= 0.3 is 0 Å². The molecule has 3 aromatic rings. The van der Waals surface area contributed by atoms with Gasteiger partial charge in [0.05, 0.1) is 11.1 Å². The summed E-state index contributed by atoms with van der Waals surface area (Å²) >= 11 is 5.96. The number of aryl methyl sites for hydroxylation is 1. The monoisotopic (exact) mass is 287 g/mol. The van der Waals surface area contributed by atoms with Gasteiger partial charge in [0.25, 0.3) is 5.91 Å². The summed E-state index contributed by atoms with van der Waals surface area (Å²) in [6.45, 7) is 0. The quantitative estimate of drug-likeness (QED) is 0.734. The zero-order chi connectivity index (χ0) is 14.1. The molecular weight excluding hydrogens is 278 g/mol. The number of benzene rings is 1. The third-order valence-electron chi connectivity index (χ3n) is 2.87. The second-order valence-electron chi connectivity index (χ2n) is 4.17. The van der Waals surface area contributed by atoms with Crippen LogP contribution >= 0.6 is 11.6 Å². The van der Waals surface area contributed by atoms with Gasteiger partial charge < -0.3 is 0 Å². The van der Waals surface area contributed by atoms with Crippen LogP contribution in [0, 0.1) is 0 Å². The Morgan fingerprint density at radius 1 is 1.35 bits per heavy atom. The molecule has 2 aromatic heterocycles.